The minimum Gasteiger partial charge on any atom is -0.448 e. The molecule has 64 heavy (non-hydrogen) atoms. The van der Waals surface area contributed by atoms with E-state index in [9.17, 15) is 9.59 Å². The lowest BCUT2D eigenvalue weighted by molar-refractivity contribution is 0.162. The Morgan fingerprint density at radius 2 is 1.08 bits per heavy atom. The summed E-state index contributed by atoms with van der Waals surface area (Å²) < 4.78 is 11.0. The van der Waals surface area contributed by atoms with E-state index in [0.717, 1.165) is 69.7 Å². The van der Waals surface area contributed by atoms with Gasteiger partial charge in [-0.2, -0.15) is 9.98 Å². The molecule has 0 saturated carbocycles. The summed E-state index contributed by atoms with van der Waals surface area (Å²) in [7, 11) is 0. The average molecular weight is 887 g/mol. The number of aliphatic imine (C=N–C) groups is 2. The smallest absolute Gasteiger partial charge is 0.434 e. The molecule has 0 aromatic heterocycles. The number of hydrogen-bond donors (Lipinski definition) is 0. The Kier molecular flexibility index (Phi) is 10.5. The fourth-order valence-electron chi connectivity index (χ4n) is 9.53. The van der Waals surface area contributed by atoms with Crippen LogP contribution in [-0.4, -0.2) is 35.5 Å². The molecule has 0 fully saturated rings. The second-order valence-corrected chi connectivity index (χ2v) is 23.5. The first kappa shape index (κ1) is 44.0. The Balaban J connectivity index is 1.40. The molecule has 8 heteroatoms. The highest BCUT2D eigenvalue weighted by Gasteiger charge is 2.35. The van der Waals surface area contributed by atoms with E-state index in [1.807, 2.05) is 6.92 Å². The number of amides is 2. The van der Waals surface area contributed by atoms with Gasteiger partial charge in [0.25, 0.3) is 0 Å². The molecular weight excluding hydrogens is 829 g/mol. The van der Waals surface area contributed by atoms with Gasteiger partial charge in [-0.15, -0.1) is 0 Å². The van der Waals surface area contributed by atoms with Crippen LogP contribution in [0.25, 0.3) is 64.6 Å². The van der Waals surface area contributed by atoms with Crippen LogP contribution >= 0.6 is 23.5 Å². The zero-order chi connectivity index (χ0) is 46.0. The molecule has 1 aliphatic rings. The van der Waals surface area contributed by atoms with Gasteiger partial charge >= 0.3 is 12.2 Å². The number of rotatable bonds is 4. The van der Waals surface area contributed by atoms with Crippen molar-refractivity contribution in [1.82, 2.24) is 0 Å². The lowest BCUT2D eigenvalue weighted by Crippen LogP contribution is -2.18. The monoisotopic (exact) mass is 886 g/mol. The Labute approximate surface area is 385 Å². The van der Waals surface area contributed by atoms with Gasteiger partial charge in [0.1, 0.15) is 10.1 Å². The molecule has 8 aromatic carbocycles. The van der Waals surface area contributed by atoms with E-state index in [4.69, 9.17) is 14.5 Å². The first-order valence-electron chi connectivity index (χ1n) is 22.5. The van der Waals surface area contributed by atoms with Gasteiger partial charge in [-0.05, 0) is 136 Å². The topological polar surface area (TPSA) is 77.3 Å². The zero-order valence-corrected chi connectivity index (χ0v) is 41.3. The highest BCUT2D eigenvalue weighted by Crippen LogP contribution is 2.54. The van der Waals surface area contributed by atoms with Crippen LogP contribution < -0.4 is 0 Å². The van der Waals surface area contributed by atoms with Gasteiger partial charge in [0.15, 0.2) is 0 Å². The fraction of sp³-hybridized carbons (Fsp3) is 0.357. The van der Waals surface area contributed by atoms with Crippen molar-refractivity contribution in [2.75, 3.05) is 13.2 Å². The molecule has 0 spiro atoms. The number of hydrogen-bond acceptors (Lipinski definition) is 6. The molecule has 1 heterocycles. The third kappa shape index (κ3) is 7.39. The molecule has 9 rings (SSSR count). The number of carbonyl (C=O) groups is 2. The van der Waals surface area contributed by atoms with E-state index in [1.54, 1.807) is 30.4 Å². The molecule has 0 saturated heterocycles. The standard InChI is InChI=1S/C56H58N2O4S2/c1-15-61-51(59)57-49(45-36-20-19-30-22-34(53(3,4)5)21-29-17-18-31(44(36)42(29)30)25-38(45)55(9,10)11)63-40-26-32-23-35(54(6,7)8)24-33-27-41-48-46(43(32)33)37(40)28-39(56(12,13)14)47(48)50(64-41)58-52(60)62-16-2/h17-28H,15-16H2,1-14H3/b57-49+,58-50-. The van der Waals surface area contributed by atoms with E-state index in [1.165, 1.54) is 38.1 Å². The molecular formula is C56H58N2O4S2. The number of benzene rings is 8. The Morgan fingerprint density at radius 1 is 0.547 bits per heavy atom. The maximum absolute atomic E-state index is 13.9. The second-order valence-electron chi connectivity index (χ2n) is 21.5. The minimum atomic E-state index is -0.619. The summed E-state index contributed by atoms with van der Waals surface area (Å²) in [5.41, 5.74) is 5.84. The van der Waals surface area contributed by atoms with Crippen LogP contribution in [0.2, 0.25) is 0 Å². The normalized spacial score (nSPS) is 14.8. The molecule has 6 nitrogen and oxygen atoms in total. The quantitative estimate of drug-likeness (QED) is 0.0758. The van der Waals surface area contributed by atoms with Gasteiger partial charge in [-0.1, -0.05) is 155 Å². The van der Waals surface area contributed by atoms with Gasteiger partial charge in [0.05, 0.1) is 13.2 Å². The van der Waals surface area contributed by atoms with Crippen LogP contribution in [0.5, 0.6) is 0 Å². The van der Waals surface area contributed by atoms with Crippen molar-refractivity contribution in [3.8, 4) is 0 Å². The molecule has 8 aromatic rings. The van der Waals surface area contributed by atoms with E-state index in [0.29, 0.717) is 10.1 Å². The molecule has 0 aliphatic carbocycles. The first-order chi connectivity index (χ1) is 30.0. The fourth-order valence-corrected chi connectivity index (χ4v) is 11.8. The highest BCUT2D eigenvalue weighted by molar-refractivity contribution is 8.15. The highest BCUT2D eigenvalue weighted by atomic mass is 32.2. The van der Waals surface area contributed by atoms with Crippen molar-refractivity contribution in [3.05, 3.63) is 106 Å². The second kappa shape index (κ2) is 15.2. The molecule has 0 unspecified atom stereocenters. The minimum absolute atomic E-state index is 0.0138. The lowest BCUT2D eigenvalue weighted by Gasteiger charge is -2.28. The SMILES string of the molecule is CCOC(=O)/N=C1\Sc2cc3cc(C(C)(C)C)cc4cc(S/C(=N/C(=O)OCC)c5c(C(C)(C)C)cc6ccc7cc(C(C)(C)C)cc8ccc5c6c78)c5cc(C(C)(C)C)c1c2c5c43. The molecule has 2 amide bonds. The summed E-state index contributed by atoms with van der Waals surface area (Å²) in [5.74, 6) is 0. The van der Waals surface area contributed by atoms with Gasteiger partial charge in [-0.25, -0.2) is 9.59 Å². The summed E-state index contributed by atoms with van der Waals surface area (Å²) in [6.45, 7) is 30.9. The van der Waals surface area contributed by atoms with E-state index >= 15 is 0 Å². The molecule has 0 bridgehead atoms. The van der Waals surface area contributed by atoms with Gasteiger partial charge in [-0.3, -0.25) is 0 Å². The molecule has 0 N–H and O–H groups in total. The van der Waals surface area contributed by atoms with Crippen molar-refractivity contribution in [2.45, 2.75) is 128 Å². The number of carbonyl (C=O) groups excluding carboxylic acids is 2. The van der Waals surface area contributed by atoms with Gasteiger partial charge in [0, 0.05) is 31.7 Å². The van der Waals surface area contributed by atoms with Crippen molar-refractivity contribution >= 4 is 110 Å². The van der Waals surface area contributed by atoms with Crippen LogP contribution in [0.3, 0.4) is 0 Å². The lowest BCUT2D eigenvalue weighted by atomic mass is 9.78. The predicted molar refractivity (Wildman–Crippen MR) is 274 cm³/mol. The van der Waals surface area contributed by atoms with E-state index < -0.39 is 12.2 Å². The molecule has 1 aliphatic heterocycles. The van der Waals surface area contributed by atoms with Crippen LogP contribution in [0.4, 0.5) is 9.59 Å². The van der Waals surface area contributed by atoms with Crippen LogP contribution in [-0.2, 0) is 31.1 Å². The summed E-state index contributed by atoms with van der Waals surface area (Å²) >= 11 is 3.08. The largest absolute Gasteiger partial charge is 0.448 e. The van der Waals surface area contributed by atoms with Crippen molar-refractivity contribution in [1.29, 1.82) is 0 Å². The summed E-state index contributed by atoms with van der Waals surface area (Å²) in [6, 6.07) is 27.5. The molecule has 0 radical (unpaired) electrons. The summed E-state index contributed by atoms with van der Waals surface area (Å²) in [4.78, 5) is 38.5. The molecule has 0 atom stereocenters. The van der Waals surface area contributed by atoms with Crippen molar-refractivity contribution < 1.29 is 19.1 Å². The molecule has 328 valence electrons. The maximum Gasteiger partial charge on any atom is 0.434 e. The van der Waals surface area contributed by atoms with Crippen LogP contribution in [0.1, 0.15) is 130 Å². The van der Waals surface area contributed by atoms with Crippen molar-refractivity contribution in [2.24, 2.45) is 9.98 Å². The van der Waals surface area contributed by atoms with E-state index in [2.05, 4.69) is 161 Å². The third-order valence-corrected chi connectivity index (χ3v) is 14.8. The first-order valence-corrected chi connectivity index (χ1v) is 24.1. The number of thioether (sulfide) groups is 2. The van der Waals surface area contributed by atoms with Crippen molar-refractivity contribution in [3.63, 3.8) is 0 Å². The number of nitrogens with zero attached hydrogens (tertiary/aromatic N) is 2. The van der Waals surface area contributed by atoms with Gasteiger partial charge < -0.3 is 9.47 Å². The maximum atomic E-state index is 13.9. The summed E-state index contributed by atoms with van der Waals surface area (Å²) in [5, 5.41) is 14.9. The van der Waals surface area contributed by atoms with E-state index in [-0.39, 0.29) is 34.9 Å². The Hall–Kier alpha value is -5.18. The Bertz CT molecular complexity index is 3290. The Morgan fingerprint density at radius 3 is 1.66 bits per heavy atom. The predicted octanol–water partition coefficient (Wildman–Crippen LogP) is 16.4. The number of ether oxygens (including phenoxy) is 2. The van der Waals surface area contributed by atoms with Gasteiger partial charge in [0.2, 0.25) is 0 Å². The third-order valence-electron chi connectivity index (χ3n) is 12.7. The van der Waals surface area contributed by atoms with Crippen LogP contribution in [0.15, 0.2) is 92.6 Å². The average Bonchev–Trinajstić information content (AvgIpc) is 3.55. The summed E-state index contributed by atoms with van der Waals surface area (Å²) in [6.07, 6.45) is -1.21. The van der Waals surface area contributed by atoms with Crippen LogP contribution in [0, 0.1) is 0 Å². The zero-order valence-electron chi connectivity index (χ0n) is 39.7.